The van der Waals surface area contributed by atoms with Crippen LogP contribution in [0.15, 0.2) is 30.3 Å². The molecule has 0 unspecified atom stereocenters. The van der Waals surface area contributed by atoms with Gasteiger partial charge >= 0.3 is 0 Å². The molecule has 0 aliphatic carbocycles. The van der Waals surface area contributed by atoms with Crippen LogP contribution in [-0.4, -0.2) is 26.7 Å². The van der Waals surface area contributed by atoms with E-state index in [1.54, 1.807) is 31.6 Å². The van der Waals surface area contributed by atoms with Crippen molar-refractivity contribution in [1.82, 2.24) is 0 Å². The van der Waals surface area contributed by atoms with Crippen LogP contribution in [-0.2, 0) is 13.7 Å². The van der Waals surface area contributed by atoms with Crippen LogP contribution in [0.5, 0.6) is 5.75 Å². The maximum absolute atomic E-state index is 11.6. The molecule has 0 aromatic heterocycles. The third-order valence-electron chi connectivity index (χ3n) is 1.76. The highest BCUT2D eigenvalue weighted by molar-refractivity contribution is 8.28. The zero-order valence-electron chi connectivity index (χ0n) is 10.3. The van der Waals surface area contributed by atoms with Gasteiger partial charge in [-0.25, -0.2) is 0 Å². The minimum Gasteiger partial charge on any atom is -0.391 e. The van der Waals surface area contributed by atoms with Gasteiger partial charge in [-0.05, 0) is 18.6 Å². The molecule has 0 heterocycles. The van der Waals surface area contributed by atoms with E-state index in [4.69, 9.17) is 7.81 Å². The van der Waals surface area contributed by atoms with Crippen LogP contribution in [0.1, 0.15) is 13.3 Å². The predicted octanol–water partition coefficient (Wildman–Crippen LogP) is 2.72. The van der Waals surface area contributed by atoms with Crippen molar-refractivity contribution in [2.75, 3.05) is 18.3 Å². The summed E-state index contributed by atoms with van der Waals surface area (Å²) in [5, 5.41) is 0. The molecule has 0 N–H and O–H groups in total. The van der Waals surface area contributed by atoms with E-state index in [2.05, 4.69) is 0 Å². The molecule has 0 saturated carbocycles. The average Bonchev–Trinajstić information content (AvgIpc) is 2.15. The summed E-state index contributed by atoms with van der Waals surface area (Å²) in [6, 6.07) is 9.05. The second-order valence-corrected chi connectivity index (χ2v) is 8.39. The smallest absolute Gasteiger partial charge is 0.286 e. The van der Waals surface area contributed by atoms with Gasteiger partial charge in [-0.15, -0.1) is 10.6 Å². The van der Waals surface area contributed by atoms with Gasteiger partial charge in [-0.1, -0.05) is 25.1 Å². The highest BCUT2D eigenvalue weighted by Crippen LogP contribution is 2.44. The van der Waals surface area contributed by atoms with Gasteiger partial charge in [0.05, 0.1) is 5.75 Å². The predicted molar refractivity (Wildman–Crippen MR) is 71.7 cm³/mol. The lowest BCUT2D eigenvalue weighted by molar-refractivity contribution is 0.472. The Hall–Kier alpha value is -0.720. The van der Waals surface area contributed by atoms with Crippen molar-refractivity contribution in [3.05, 3.63) is 30.3 Å². The van der Waals surface area contributed by atoms with Crippen molar-refractivity contribution >= 4 is 20.7 Å². The Kier molecular flexibility index (Phi) is 4.85. The second-order valence-electron chi connectivity index (χ2n) is 3.87. The summed E-state index contributed by atoms with van der Waals surface area (Å²) in [5.74, 6) is 0.626. The minimum atomic E-state index is -3.50. The first-order chi connectivity index (χ1) is 7.85. The Morgan fingerprint density at radius 2 is 1.71 bits per heavy atom. The van der Waals surface area contributed by atoms with Gasteiger partial charge in [0.15, 0.2) is 5.75 Å². The SMILES string of the molecule is CCCS(=O)(=O)OS(C)(C)Oc1ccccc1. The monoisotopic (exact) mass is 278 g/mol. The van der Waals surface area contributed by atoms with Gasteiger partial charge in [0.2, 0.25) is 0 Å². The second kappa shape index (κ2) is 5.75. The van der Waals surface area contributed by atoms with E-state index in [-0.39, 0.29) is 5.75 Å². The summed E-state index contributed by atoms with van der Waals surface area (Å²) in [7, 11) is -5.60. The van der Waals surface area contributed by atoms with E-state index in [0.717, 1.165) is 0 Å². The van der Waals surface area contributed by atoms with Crippen molar-refractivity contribution in [2.45, 2.75) is 13.3 Å². The van der Waals surface area contributed by atoms with Crippen LogP contribution < -0.4 is 4.18 Å². The third kappa shape index (κ3) is 5.43. The first-order valence-corrected chi connectivity index (χ1v) is 9.14. The van der Waals surface area contributed by atoms with E-state index in [0.29, 0.717) is 12.2 Å². The molecule has 0 amide bonds. The maximum Gasteiger partial charge on any atom is 0.286 e. The number of benzene rings is 1. The third-order valence-corrected chi connectivity index (χ3v) is 5.40. The van der Waals surface area contributed by atoms with E-state index in [1.165, 1.54) is 0 Å². The largest absolute Gasteiger partial charge is 0.391 e. The first kappa shape index (κ1) is 14.3. The molecule has 0 aliphatic rings. The number of rotatable bonds is 6. The summed E-state index contributed by atoms with van der Waals surface area (Å²) in [6.45, 7) is 1.79. The Morgan fingerprint density at radius 3 is 2.24 bits per heavy atom. The molecule has 6 heteroatoms. The molecule has 0 radical (unpaired) electrons. The summed E-state index contributed by atoms with van der Waals surface area (Å²) < 4.78 is 33.8. The van der Waals surface area contributed by atoms with Crippen LogP contribution in [0, 0.1) is 0 Å². The summed E-state index contributed by atoms with van der Waals surface area (Å²) in [6.07, 6.45) is 3.85. The molecule has 17 heavy (non-hydrogen) atoms. The molecule has 0 spiro atoms. The molecule has 98 valence electrons. The standard InChI is InChI=1S/C11H18O4S2/c1-4-10-17(12,13)15-16(2,3)14-11-8-6-5-7-9-11/h5-9H,4,10H2,1-3H3. The normalized spacial score (nSPS) is 13.4. The average molecular weight is 278 g/mol. The molecule has 0 saturated heterocycles. The molecule has 1 aromatic carbocycles. The maximum atomic E-state index is 11.6. The Morgan fingerprint density at radius 1 is 1.12 bits per heavy atom. The number of hydrogen-bond donors (Lipinski definition) is 0. The molecule has 1 aromatic rings. The van der Waals surface area contributed by atoms with Crippen molar-refractivity contribution in [1.29, 1.82) is 0 Å². The van der Waals surface area contributed by atoms with Crippen LogP contribution in [0.2, 0.25) is 0 Å². The van der Waals surface area contributed by atoms with Gasteiger partial charge in [-0.2, -0.15) is 12.0 Å². The quantitative estimate of drug-likeness (QED) is 0.803. The minimum absolute atomic E-state index is 0.0155. The Bertz CT molecular complexity index is 440. The molecule has 0 bridgehead atoms. The molecule has 0 atom stereocenters. The summed E-state index contributed by atoms with van der Waals surface area (Å²) >= 11 is 0. The van der Waals surface area contributed by atoms with Crippen LogP contribution in [0.4, 0.5) is 0 Å². The fourth-order valence-corrected chi connectivity index (χ4v) is 4.71. The van der Waals surface area contributed by atoms with Crippen LogP contribution >= 0.6 is 10.6 Å². The topological polar surface area (TPSA) is 52.6 Å². The van der Waals surface area contributed by atoms with Crippen molar-refractivity contribution in [3.63, 3.8) is 0 Å². The van der Waals surface area contributed by atoms with E-state index < -0.39 is 20.7 Å². The zero-order valence-corrected chi connectivity index (χ0v) is 11.9. The lowest BCUT2D eigenvalue weighted by Gasteiger charge is -2.34. The van der Waals surface area contributed by atoms with E-state index >= 15 is 0 Å². The van der Waals surface area contributed by atoms with Gasteiger partial charge in [0.1, 0.15) is 0 Å². The Balaban J connectivity index is 2.70. The highest BCUT2D eigenvalue weighted by Gasteiger charge is 2.20. The van der Waals surface area contributed by atoms with Gasteiger partial charge in [-0.3, -0.25) is 0 Å². The molecule has 0 aliphatic heterocycles. The zero-order chi connectivity index (χ0) is 12.9. The van der Waals surface area contributed by atoms with E-state index in [1.807, 2.05) is 18.2 Å². The van der Waals surface area contributed by atoms with E-state index in [9.17, 15) is 8.42 Å². The van der Waals surface area contributed by atoms with Crippen molar-refractivity contribution in [2.24, 2.45) is 0 Å². The molecule has 1 rings (SSSR count). The van der Waals surface area contributed by atoms with Gasteiger partial charge in [0, 0.05) is 12.5 Å². The number of para-hydroxylation sites is 1. The fraction of sp³-hybridized carbons (Fsp3) is 0.455. The highest BCUT2D eigenvalue weighted by atomic mass is 32.3. The Labute approximate surface area is 105 Å². The van der Waals surface area contributed by atoms with Gasteiger partial charge in [0.25, 0.3) is 10.1 Å². The van der Waals surface area contributed by atoms with Crippen molar-refractivity contribution < 1.29 is 16.2 Å². The van der Waals surface area contributed by atoms with Crippen LogP contribution in [0.25, 0.3) is 0 Å². The van der Waals surface area contributed by atoms with Gasteiger partial charge < -0.3 is 4.18 Å². The fourth-order valence-electron chi connectivity index (χ4n) is 1.26. The lowest BCUT2D eigenvalue weighted by Crippen LogP contribution is -2.16. The molecular weight excluding hydrogens is 260 g/mol. The summed E-state index contributed by atoms with van der Waals surface area (Å²) in [4.78, 5) is 0. The van der Waals surface area contributed by atoms with Crippen LogP contribution in [0.3, 0.4) is 0 Å². The first-order valence-electron chi connectivity index (χ1n) is 5.26. The molecule has 4 nitrogen and oxygen atoms in total. The molecule has 0 fully saturated rings. The molecular formula is C11H18O4S2. The lowest BCUT2D eigenvalue weighted by atomic mass is 10.3. The van der Waals surface area contributed by atoms with Crippen molar-refractivity contribution in [3.8, 4) is 5.75 Å². The number of hydrogen-bond acceptors (Lipinski definition) is 4. The summed E-state index contributed by atoms with van der Waals surface area (Å²) in [5.41, 5.74) is 0.